The summed E-state index contributed by atoms with van der Waals surface area (Å²) < 4.78 is 29.0. The van der Waals surface area contributed by atoms with Crippen molar-refractivity contribution in [3.8, 4) is 6.07 Å². The standard InChI is InChI=1S/C17H13F2N3O2/c1-10(23)13-3-2-4-14-15(13)17(18,19)16(24)22(14)9-11-5-6-21-12(7-11)8-20/h2-7,10,23H,9H2,1H3/t10-/m1/s1. The maximum Gasteiger partial charge on any atom is 0.352 e. The zero-order valence-electron chi connectivity index (χ0n) is 12.7. The first-order chi connectivity index (χ1) is 11.4. The third kappa shape index (κ3) is 2.41. The van der Waals surface area contributed by atoms with Gasteiger partial charge in [-0.1, -0.05) is 12.1 Å². The van der Waals surface area contributed by atoms with E-state index in [4.69, 9.17) is 5.26 Å². The summed E-state index contributed by atoms with van der Waals surface area (Å²) in [6, 6.07) is 9.20. The highest BCUT2D eigenvalue weighted by Gasteiger charge is 2.54. The Labute approximate surface area is 136 Å². The molecular weight excluding hydrogens is 316 g/mol. The van der Waals surface area contributed by atoms with Crippen molar-refractivity contribution in [3.63, 3.8) is 0 Å². The predicted octanol–water partition coefficient (Wildman–Crippen LogP) is 2.65. The topological polar surface area (TPSA) is 77.2 Å². The van der Waals surface area contributed by atoms with Gasteiger partial charge >= 0.3 is 11.8 Å². The molecule has 1 aromatic carbocycles. The van der Waals surface area contributed by atoms with Crippen LogP contribution >= 0.6 is 0 Å². The highest BCUT2D eigenvalue weighted by molar-refractivity contribution is 6.06. The number of amides is 1. The van der Waals surface area contributed by atoms with Gasteiger partial charge in [-0.3, -0.25) is 4.79 Å². The second-order valence-electron chi connectivity index (χ2n) is 5.54. The Kier molecular flexibility index (Phi) is 3.78. The SMILES string of the molecule is C[C@@H](O)c1cccc2c1C(F)(F)C(=O)N2Cc1ccnc(C#N)c1. The lowest BCUT2D eigenvalue weighted by Crippen LogP contribution is -2.34. The molecule has 122 valence electrons. The number of nitriles is 1. The van der Waals surface area contributed by atoms with Crippen LogP contribution in [-0.2, 0) is 17.3 Å². The number of aliphatic hydroxyl groups is 1. The molecule has 2 aromatic rings. The third-order valence-corrected chi connectivity index (χ3v) is 3.92. The van der Waals surface area contributed by atoms with E-state index in [1.807, 2.05) is 6.07 Å². The van der Waals surface area contributed by atoms with Crippen LogP contribution in [0.5, 0.6) is 0 Å². The molecule has 0 saturated heterocycles. The van der Waals surface area contributed by atoms with Gasteiger partial charge in [0.25, 0.3) is 0 Å². The first-order valence-electron chi connectivity index (χ1n) is 7.22. The zero-order valence-corrected chi connectivity index (χ0v) is 12.7. The second-order valence-corrected chi connectivity index (χ2v) is 5.54. The lowest BCUT2D eigenvalue weighted by atomic mass is 9.98. The summed E-state index contributed by atoms with van der Waals surface area (Å²) in [5, 5.41) is 18.6. The number of hydrogen-bond donors (Lipinski definition) is 1. The van der Waals surface area contributed by atoms with E-state index in [1.165, 1.54) is 37.4 Å². The summed E-state index contributed by atoms with van der Waals surface area (Å²) in [5.41, 5.74) is 0.295. The van der Waals surface area contributed by atoms with Crippen LogP contribution in [0.1, 0.15) is 35.4 Å². The number of nitrogens with zero attached hydrogens (tertiary/aromatic N) is 3. The number of halogens is 2. The summed E-state index contributed by atoms with van der Waals surface area (Å²) in [4.78, 5) is 17.0. The molecular formula is C17H13F2N3O2. The van der Waals surface area contributed by atoms with Crippen molar-refractivity contribution >= 4 is 11.6 Å². The Morgan fingerprint density at radius 3 is 2.83 bits per heavy atom. The highest BCUT2D eigenvalue weighted by atomic mass is 19.3. The molecule has 2 heterocycles. The molecule has 0 spiro atoms. The highest BCUT2D eigenvalue weighted by Crippen LogP contribution is 2.47. The Morgan fingerprint density at radius 1 is 1.42 bits per heavy atom. The molecule has 3 rings (SSSR count). The molecule has 1 N–H and O–H groups in total. The van der Waals surface area contributed by atoms with Gasteiger partial charge < -0.3 is 10.0 Å². The molecule has 1 aromatic heterocycles. The molecule has 7 heteroatoms. The monoisotopic (exact) mass is 329 g/mol. The van der Waals surface area contributed by atoms with Crippen LogP contribution in [0, 0.1) is 11.3 Å². The molecule has 24 heavy (non-hydrogen) atoms. The fourth-order valence-electron chi connectivity index (χ4n) is 2.83. The smallest absolute Gasteiger partial charge is 0.352 e. The number of fused-ring (bicyclic) bond motifs is 1. The van der Waals surface area contributed by atoms with Crippen molar-refractivity contribution < 1.29 is 18.7 Å². The summed E-state index contributed by atoms with van der Waals surface area (Å²) in [6.07, 6.45) is 0.268. The summed E-state index contributed by atoms with van der Waals surface area (Å²) in [6.45, 7) is 1.27. The van der Waals surface area contributed by atoms with Crippen LogP contribution in [0.25, 0.3) is 0 Å². The molecule has 0 bridgehead atoms. The van der Waals surface area contributed by atoms with E-state index in [2.05, 4.69) is 4.98 Å². The Morgan fingerprint density at radius 2 is 2.17 bits per heavy atom. The van der Waals surface area contributed by atoms with Crippen LogP contribution in [0.15, 0.2) is 36.5 Å². The van der Waals surface area contributed by atoms with Crippen LogP contribution in [0.3, 0.4) is 0 Å². The number of benzene rings is 1. The Hall–Kier alpha value is -2.85. The molecule has 1 aliphatic rings. The van der Waals surface area contributed by atoms with Gasteiger partial charge in [0, 0.05) is 6.20 Å². The predicted molar refractivity (Wildman–Crippen MR) is 81.1 cm³/mol. The lowest BCUT2D eigenvalue weighted by molar-refractivity contribution is -0.141. The number of aliphatic hydroxyl groups excluding tert-OH is 1. The van der Waals surface area contributed by atoms with Crippen molar-refractivity contribution in [1.29, 1.82) is 5.26 Å². The van der Waals surface area contributed by atoms with Crippen molar-refractivity contribution in [2.75, 3.05) is 4.90 Å². The van der Waals surface area contributed by atoms with Crippen LogP contribution in [0.4, 0.5) is 14.5 Å². The Balaban J connectivity index is 2.07. The van der Waals surface area contributed by atoms with Crippen molar-refractivity contribution in [2.24, 2.45) is 0 Å². The van der Waals surface area contributed by atoms with Gasteiger partial charge in [0.1, 0.15) is 11.8 Å². The van der Waals surface area contributed by atoms with Gasteiger partial charge in [-0.2, -0.15) is 14.0 Å². The number of hydrogen-bond acceptors (Lipinski definition) is 4. The molecule has 1 atom stereocenters. The fraction of sp³-hybridized carbons (Fsp3) is 0.235. The summed E-state index contributed by atoms with van der Waals surface area (Å²) >= 11 is 0. The summed E-state index contributed by atoms with van der Waals surface area (Å²) in [7, 11) is 0. The number of pyridine rings is 1. The van der Waals surface area contributed by atoms with Crippen molar-refractivity contribution in [3.05, 3.63) is 58.9 Å². The van der Waals surface area contributed by atoms with Crippen LogP contribution in [0.2, 0.25) is 0 Å². The van der Waals surface area contributed by atoms with E-state index in [0.717, 1.165) is 4.90 Å². The number of carbonyl (C=O) groups excluding carboxylic acids is 1. The van der Waals surface area contributed by atoms with Gasteiger partial charge in [-0.15, -0.1) is 0 Å². The van der Waals surface area contributed by atoms with Crippen molar-refractivity contribution in [2.45, 2.75) is 25.5 Å². The number of anilines is 1. The van der Waals surface area contributed by atoms with Gasteiger partial charge in [0.2, 0.25) is 0 Å². The molecule has 5 nitrogen and oxygen atoms in total. The van der Waals surface area contributed by atoms with Crippen LogP contribution in [-0.4, -0.2) is 16.0 Å². The van der Waals surface area contributed by atoms with Gasteiger partial charge in [0.15, 0.2) is 0 Å². The average molecular weight is 329 g/mol. The van der Waals surface area contributed by atoms with Crippen molar-refractivity contribution in [1.82, 2.24) is 4.98 Å². The maximum absolute atomic E-state index is 14.5. The molecule has 0 saturated carbocycles. The van der Waals surface area contributed by atoms with Gasteiger partial charge in [-0.05, 0) is 36.2 Å². The summed E-state index contributed by atoms with van der Waals surface area (Å²) in [5.74, 6) is -5.05. The molecule has 0 radical (unpaired) electrons. The first-order valence-corrected chi connectivity index (χ1v) is 7.22. The molecule has 0 aliphatic carbocycles. The lowest BCUT2D eigenvalue weighted by Gasteiger charge is -2.17. The van der Waals surface area contributed by atoms with E-state index in [-0.39, 0.29) is 23.5 Å². The van der Waals surface area contributed by atoms with Crippen LogP contribution < -0.4 is 4.90 Å². The van der Waals surface area contributed by atoms with Gasteiger partial charge in [0.05, 0.1) is 23.9 Å². The number of carbonyl (C=O) groups is 1. The zero-order chi connectivity index (χ0) is 17.5. The van der Waals surface area contributed by atoms with Gasteiger partial charge in [-0.25, -0.2) is 4.98 Å². The Bertz CT molecular complexity index is 859. The fourth-order valence-corrected chi connectivity index (χ4v) is 2.83. The molecule has 0 unspecified atom stereocenters. The minimum absolute atomic E-state index is 0.0285. The number of aromatic nitrogens is 1. The molecule has 0 fully saturated rings. The average Bonchev–Trinajstić information content (AvgIpc) is 2.76. The normalized spacial score (nSPS) is 16.6. The first kappa shape index (κ1) is 16.0. The molecule has 1 aliphatic heterocycles. The van der Waals surface area contributed by atoms with E-state index in [1.54, 1.807) is 6.07 Å². The van der Waals surface area contributed by atoms with E-state index in [0.29, 0.717) is 5.56 Å². The van der Waals surface area contributed by atoms with E-state index in [9.17, 15) is 18.7 Å². The quantitative estimate of drug-likeness (QED) is 0.939. The van der Waals surface area contributed by atoms with E-state index < -0.39 is 23.5 Å². The number of rotatable bonds is 3. The third-order valence-electron chi connectivity index (χ3n) is 3.92. The minimum Gasteiger partial charge on any atom is -0.389 e. The van der Waals surface area contributed by atoms with E-state index >= 15 is 0 Å². The largest absolute Gasteiger partial charge is 0.389 e. The minimum atomic E-state index is -3.70. The number of alkyl halides is 2. The molecule has 1 amide bonds. The maximum atomic E-state index is 14.5. The second kappa shape index (κ2) is 5.65.